The smallest absolute Gasteiger partial charge is 0.410 e. The average molecular weight is 518 g/mol. The van der Waals surface area contributed by atoms with E-state index in [-0.39, 0.29) is 41.5 Å². The van der Waals surface area contributed by atoms with Crippen LogP contribution in [-0.4, -0.2) is 82.0 Å². The zero-order valence-corrected chi connectivity index (χ0v) is 22.3. The summed E-state index contributed by atoms with van der Waals surface area (Å²) in [5.41, 5.74) is 3.69. The molecule has 2 saturated heterocycles. The molecule has 9 nitrogen and oxygen atoms in total. The van der Waals surface area contributed by atoms with Crippen LogP contribution in [0.3, 0.4) is 0 Å². The van der Waals surface area contributed by atoms with Gasteiger partial charge < -0.3 is 19.9 Å². The molecule has 1 N–H and O–H groups in total. The molecule has 0 saturated carbocycles. The number of pyridine rings is 1. The lowest BCUT2D eigenvalue weighted by Crippen LogP contribution is -2.52. The van der Waals surface area contributed by atoms with E-state index in [1.807, 2.05) is 39.1 Å². The number of fused-ring (bicyclic) bond motifs is 3. The van der Waals surface area contributed by atoms with Gasteiger partial charge in [0, 0.05) is 56.3 Å². The van der Waals surface area contributed by atoms with Crippen LogP contribution in [0.25, 0.3) is 0 Å². The molecule has 1 unspecified atom stereocenters. The van der Waals surface area contributed by atoms with Gasteiger partial charge in [0.05, 0.1) is 12.6 Å². The molecule has 1 aromatic heterocycles. The number of amides is 3. The van der Waals surface area contributed by atoms with Crippen LogP contribution >= 0.6 is 0 Å². The minimum atomic E-state index is -0.372. The number of carbonyl (C=O) groups excluding carboxylic acids is 3. The van der Waals surface area contributed by atoms with Gasteiger partial charge in [0.2, 0.25) is 5.91 Å². The van der Waals surface area contributed by atoms with Crippen LogP contribution < -0.4 is 5.32 Å². The van der Waals surface area contributed by atoms with E-state index in [9.17, 15) is 14.4 Å². The molecule has 9 heteroatoms. The van der Waals surface area contributed by atoms with Gasteiger partial charge in [0.25, 0.3) is 5.91 Å². The van der Waals surface area contributed by atoms with Crippen LogP contribution in [0.15, 0.2) is 36.5 Å². The first-order valence-electron chi connectivity index (χ1n) is 13.6. The SMILES string of the molecule is CC(=O)N1CCC(Nc2cc3c(cn2)C(C)(C)CN(CC2OC(=O)N4Cc5ccccc5C[C@@H]24)C3=O)CC1. The highest BCUT2D eigenvalue weighted by atomic mass is 16.6. The van der Waals surface area contributed by atoms with E-state index in [1.54, 1.807) is 6.92 Å². The van der Waals surface area contributed by atoms with Crippen molar-refractivity contribution < 1.29 is 19.1 Å². The highest BCUT2D eigenvalue weighted by molar-refractivity contribution is 5.98. The summed E-state index contributed by atoms with van der Waals surface area (Å²) in [5, 5.41) is 3.48. The molecule has 2 atom stereocenters. The quantitative estimate of drug-likeness (QED) is 0.670. The number of hydrogen-bond donors (Lipinski definition) is 1. The molecule has 3 amide bonds. The molecule has 200 valence electrons. The molecule has 38 heavy (non-hydrogen) atoms. The van der Waals surface area contributed by atoms with Gasteiger partial charge >= 0.3 is 6.09 Å². The Morgan fingerprint density at radius 2 is 1.89 bits per heavy atom. The van der Waals surface area contributed by atoms with Crippen LogP contribution in [0.5, 0.6) is 0 Å². The molecule has 4 aliphatic heterocycles. The highest BCUT2D eigenvalue weighted by Gasteiger charge is 2.47. The monoisotopic (exact) mass is 517 g/mol. The number of benzene rings is 1. The summed E-state index contributed by atoms with van der Waals surface area (Å²) in [6.45, 7) is 8.75. The molecule has 2 aromatic rings. The van der Waals surface area contributed by atoms with Crippen LogP contribution in [-0.2, 0) is 27.9 Å². The first-order chi connectivity index (χ1) is 18.2. The van der Waals surface area contributed by atoms with Crippen molar-refractivity contribution >= 4 is 23.7 Å². The second-order valence-electron chi connectivity index (χ2n) is 11.7. The third-order valence-corrected chi connectivity index (χ3v) is 8.63. The number of rotatable bonds is 4. The molecule has 1 aromatic carbocycles. The summed E-state index contributed by atoms with van der Waals surface area (Å²) in [4.78, 5) is 48.3. The van der Waals surface area contributed by atoms with Gasteiger partial charge in [0.1, 0.15) is 11.9 Å². The summed E-state index contributed by atoms with van der Waals surface area (Å²) < 4.78 is 5.84. The van der Waals surface area contributed by atoms with Crippen LogP contribution in [0.1, 0.15) is 60.7 Å². The maximum atomic E-state index is 13.8. The molecular weight excluding hydrogens is 482 g/mol. The van der Waals surface area contributed by atoms with Crippen LogP contribution in [0.4, 0.5) is 10.6 Å². The van der Waals surface area contributed by atoms with Gasteiger partial charge in [-0.05, 0) is 42.0 Å². The van der Waals surface area contributed by atoms with Crippen molar-refractivity contribution in [2.45, 2.75) is 70.2 Å². The lowest BCUT2D eigenvalue weighted by molar-refractivity contribution is -0.129. The van der Waals surface area contributed by atoms with Gasteiger partial charge in [-0.2, -0.15) is 0 Å². The van der Waals surface area contributed by atoms with Crippen molar-refractivity contribution in [2.75, 3.05) is 31.5 Å². The van der Waals surface area contributed by atoms with Crippen LogP contribution in [0.2, 0.25) is 0 Å². The van der Waals surface area contributed by atoms with Crippen LogP contribution in [0, 0.1) is 0 Å². The van der Waals surface area contributed by atoms with Crippen molar-refractivity contribution in [1.29, 1.82) is 0 Å². The Kier molecular flexibility index (Phi) is 6.04. The fourth-order valence-corrected chi connectivity index (χ4v) is 6.48. The number of nitrogens with one attached hydrogen (secondary N) is 1. The molecule has 0 aliphatic carbocycles. The first-order valence-corrected chi connectivity index (χ1v) is 13.6. The second-order valence-corrected chi connectivity index (χ2v) is 11.7. The summed E-state index contributed by atoms with van der Waals surface area (Å²) in [6.07, 6.45) is 3.58. The molecule has 6 rings (SSSR count). The van der Waals surface area contributed by atoms with Crippen molar-refractivity contribution in [3.63, 3.8) is 0 Å². The largest absolute Gasteiger partial charge is 0.442 e. The summed E-state index contributed by atoms with van der Waals surface area (Å²) in [5.74, 6) is 0.733. The first kappa shape index (κ1) is 24.7. The van der Waals surface area contributed by atoms with Crippen molar-refractivity contribution in [3.05, 3.63) is 58.8 Å². The van der Waals surface area contributed by atoms with E-state index in [2.05, 4.69) is 36.3 Å². The number of piperidine rings is 1. The maximum Gasteiger partial charge on any atom is 0.410 e. The van der Waals surface area contributed by atoms with Crippen molar-refractivity contribution in [2.24, 2.45) is 0 Å². The van der Waals surface area contributed by atoms with Gasteiger partial charge in [-0.25, -0.2) is 9.78 Å². The average Bonchev–Trinajstić information content (AvgIpc) is 3.19. The maximum absolute atomic E-state index is 13.8. The number of nitrogens with zero attached hydrogens (tertiary/aromatic N) is 4. The third-order valence-electron chi connectivity index (χ3n) is 8.63. The zero-order chi connectivity index (χ0) is 26.6. The predicted octanol–water partition coefficient (Wildman–Crippen LogP) is 3.18. The number of hydrogen-bond acceptors (Lipinski definition) is 6. The topological polar surface area (TPSA) is 95.1 Å². The Morgan fingerprint density at radius 1 is 1.16 bits per heavy atom. The minimum Gasteiger partial charge on any atom is -0.442 e. The third kappa shape index (κ3) is 4.37. The Balaban J connectivity index is 1.19. The normalized spacial score (nSPS) is 24.4. The van der Waals surface area contributed by atoms with Gasteiger partial charge in [0.15, 0.2) is 0 Å². The fraction of sp³-hybridized carbons (Fsp3) is 0.517. The Bertz CT molecular complexity index is 1290. The Labute approximate surface area is 223 Å². The molecule has 0 bridgehead atoms. The number of cyclic esters (lactones) is 1. The molecular formula is C29H35N5O4. The number of ether oxygens (including phenoxy) is 1. The molecule has 5 heterocycles. The molecule has 0 spiro atoms. The van der Waals surface area contributed by atoms with E-state index >= 15 is 0 Å². The lowest BCUT2D eigenvalue weighted by atomic mass is 9.78. The Hall–Kier alpha value is -3.62. The number of carbonyl (C=O) groups is 3. The van der Waals surface area contributed by atoms with E-state index in [1.165, 1.54) is 5.56 Å². The molecule has 0 radical (unpaired) electrons. The van der Waals surface area contributed by atoms with E-state index in [4.69, 9.17) is 4.74 Å². The van der Waals surface area contributed by atoms with Gasteiger partial charge in [-0.15, -0.1) is 0 Å². The van der Waals surface area contributed by atoms with E-state index in [0.29, 0.717) is 31.0 Å². The van der Waals surface area contributed by atoms with Crippen molar-refractivity contribution in [3.8, 4) is 0 Å². The van der Waals surface area contributed by atoms with E-state index < -0.39 is 0 Å². The number of anilines is 1. The number of aromatic nitrogens is 1. The summed E-state index contributed by atoms with van der Waals surface area (Å²) in [6, 6.07) is 10.2. The second kappa shape index (κ2) is 9.29. The van der Waals surface area contributed by atoms with E-state index in [0.717, 1.165) is 43.5 Å². The fourth-order valence-electron chi connectivity index (χ4n) is 6.48. The Morgan fingerprint density at radius 3 is 2.63 bits per heavy atom. The van der Waals surface area contributed by atoms with Gasteiger partial charge in [-0.3, -0.25) is 14.5 Å². The zero-order valence-electron chi connectivity index (χ0n) is 22.3. The number of likely N-dealkylation sites (tertiary alicyclic amines) is 1. The molecule has 2 fully saturated rings. The highest BCUT2D eigenvalue weighted by Crippen LogP contribution is 2.36. The standard InChI is InChI=1S/C29H35N5O4/c1-18(35)32-10-8-21(9-11-32)31-26-13-22-23(14-30-26)29(2,3)17-33(27(22)36)16-25-24-12-19-6-4-5-7-20(19)15-34(24)28(37)38-25/h4-7,13-14,21,24-25H,8-12,15-17H2,1-3H3,(H,30,31)/t24-,25?/m0/s1. The minimum absolute atomic E-state index is 0.0538. The predicted molar refractivity (Wildman–Crippen MR) is 142 cm³/mol. The summed E-state index contributed by atoms with van der Waals surface area (Å²) >= 11 is 0. The molecule has 4 aliphatic rings. The van der Waals surface area contributed by atoms with Gasteiger partial charge in [-0.1, -0.05) is 38.1 Å². The lowest BCUT2D eigenvalue weighted by Gasteiger charge is -2.41. The van der Waals surface area contributed by atoms with Crippen molar-refractivity contribution in [1.82, 2.24) is 19.7 Å². The summed E-state index contributed by atoms with van der Waals surface area (Å²) in [7, 11) is 0.